The Labute approximate surface area is 660 Å². The van der Waals surface area contributed by atoms with Gasteiger partial charge in [-0.05, 0) is 123 Å². The van der Waals surface area contributed by atoms with Crippen LogP contribution in [0.5, 0.6) is 0 Å². The monoisotopic (exact) mass is 1590 g/mol. The molecule has 9 amide bonds. The Morgan fingerprint density at radius 2 is 0.954 bits per heavy atom. The molecule has 577 valence electrons. The van der Waals surface area contributed by atoms with Gasteiger partial charge < -0.3 is 67.9 Å². The fraction of sp³-hybridized carbons (Fsp3) is 0.486. The molecule has 12 N–H and O–H groups in total. The lowest BCUT2D eigenvalue weighted by Gasteiger charge is -2.36. The smallest absolute Gasteiger partial charge is 0.410 e. The van der Waals surface area contributed by atoms with E-state index in [9.17, 15) is 43.2 Å². The minimum absolute atomic E-state index is 0. The number of benzene rings is 3. The molecule has 6 aromatic rings. The van der Waals surface area contributed by atoms with Gasteiger partial charge in [0.25, 0.3) is 35.4 Å². The van der Waals surface area contributed by atoms with E-state index in [-0.39, 0.29) is 75.3 Å². The molecule has 0 atom stereocenters. The number of carbonyl (C=O) groups excluding carboxylic acids is 8. The van der Waals surface area contributed by atoms with Gasteiger partial charge in [0.1, 0.15) is 66.7 Å². The number of amidine groups is 4. The zero-order valence-electron chi connectivity index (χ0n) is 60.2. The lowest BCUT2D eigenvalue weighted by Crippen LogP contribution is -2.51. The van der Waals surface area contributed by atoms with Crippen LogP contribution in [0.4, 0.5) is 24.6 Å². The number of nitrogen functional groups attached to an aromatic ring is 2. The average Bonchev–Trinajstić information content (AvgIpc) is 1.62. The van der Waals surface area contributed by atoms with E-state index in [2.05, 4.69) is 72.7 Å². The molecule has 11 heterocycles. The number of hydrogen-bond acceptors (Lipinski definition) is 22. The van der Waals surface area contributed by atoms with Crippen molar-refractivity contribution in [3.05, 3.63) is 89.5 Å². The van der Waals surface area contributed by atoms with Crippen molar-refractivity contribution < 1.29 is 54.4 Å². The Bertz CT molecular complexity index is 4410. The molecule has 3 aromatic carbocycles. The number of aliphatic imine (C=N–C) groups is 4. The number of ether oxygens (including phenoxy) is 1. The number of thioether (sulfide) groups is 2. The number of urea groups is 1. The number of amides is 9. The number of thiophene rings is 3. The zero-order valence-corrected chi connectivity index (χ0v) is 65.1. The summed E-state index contributed by atoms with van der Waals surface area (Å²) in [5.74, 6) is 3.14. The third-order valence-electron chi connectivity index (χ3n) is 18.6. The van der Waals surface area contributed by atoms with E-state index in [4.69, 9.17) is 32.9 Å². The fourth-order valence-electron chi connectivity index (χ4n) is 13.3. The van der Waals surface area contributed by atoms with E-state index < -0.39 is 33.7 Å². The summed E-state index contributed by atoms with van der Waals surface area (Å²) < 4.78 is 8.20. The number of piperidine rings is 4. The number of carbonyl (C=O) groups is 9. The Hall–Kier alpha value is -8.21. The van der Waals surface area contributed by atoms with Crippen molar-refractivity contribution in [3.63, 3.8) is 0 Å². The fourth-order valence-corrected chi connectivity index (χ4v) is 17.2. The number of carboxylic acid groups (broad SMARTS) is 1. The van der Waals surface area contributed by atoms with E-state index in [1.807, 2.05) is 108 Å². The van der Waals surface area contributed by atoms with E-state index in [1.165, 1.54) is 34.0 Å². The van der Waals surface area contributed by atoms with Crippen molar-refractivity contribution in [1.82, 2.24) is 46.6 Å². The highest BCUT2D eigenvalue weighted by atomic mass is 35.5. The Balaban J connectivity index is 0.000000217. The second-order valence-electron chi connectivity index (χ2n) is 26.8. The largest absolute Gasteiger partial charge is 0.478 e. The first-order chi connectivity index (χ1) is 50.6. The summed E-state index contributed by atoms with van der Waals surface area (Å²) in [6, 6.07) is 22.4. The molecule has 0 unspecified atom stereocenters. The van der Waals surface area contributed by atoms with E-state index in [0.29, 0.717) is 128 Å². The molecular weight excluding hydrogens is 1490 g/mol. The van der Waals surface area contributed by atoms with Crippen LogP contribution in [-0.4, -0.2) is 236 Å². The van der Waals surface area contributed by atoms with Gasteiger partial charge in [0.2, 0.25) is 0 Å². The molecule has 14 rings (SSSR count). The number of anilines is 3. The van der Waals surface area contributed by atoms with Gasteiger partial charge in [-0.2, -0.15) is 23.5 Å². The van der Waals surface area contributed by atoms with Gasteiger partial charge in [-0.15, -0.1) is 45.6 Å². The molecule has 27 nitrogen and oxygen atoms in total. The number of nitrogens with two attached hydrogens (primary N) is 2. The average molecular weight is 1590 g/mol. The zero-order chi connectivity index (χ0) is 76.7. The van der Waals surface area contributed by atoms with Crippen LogP contribution in [0.1, 0.15) is 140 Å². The predicted octanol–water partition coefficient (Wildman–Crippen LogP) is 9.39. The van der Waals surface area contributed by atoms with Crippen LogP contribution in [0.15, 0.2) is 92.8 Å². The van der Waals surface area contributed by atoms with Gasteiger partial charge in [-0.1, -0.05) is 76.4 Å². The number of rotatable bonds is 11. The maximum absolute atomic E-state index is 13.5. The lowest BCUT2D eigenvalue weighted by molar-refractivity contribution is -0.125. The van der Waals surface area contributed by atoms with E-state index in [0.717, 1.165) is 87.2 Å². The molecule has 8 aliphatic rings. The molecule has 0 aliphatic carbocycles. The highest BCUT2D eigenvalue weighted by molar-refractivity contribution is 7.99. The minimum atomic E-state index is -0.963. The number of halogens is 1. The molecule has 4 spiro atoms. The summed E-state index contributed by atoms with van der Waals surface area (Å²) in [5.41, 5.74) is 9.89. The first kappa shape index (κ1) is 87.0. The van der Waals surface area contributed by atoms with Crippen molar-refractivity contribution in [2.75, 3.05) is 106 Å². The van der Waals surface area contributed by atoms with Gasteiger partial charge in [-0.25, -0.2) is 14.4 Å². The van der Waals surface area contributed by atoms with Crippen LogP contribution in [0.3, 0.4) is 0 Å². The number of carboxylic acids is 1. The van der Waals surface area contributed by atoms with Gasteiger partial charge in [0.15, 0.2) is 0 Å². The van der Waals surface area contributed by atoms with Crippen molar-refractivity contribution in [2.45, 2.75) is 135 Å². The number of hydrogen-bond donors (Lipinski definition) is 10. The summed E-state index contributed by atoms with van der Waals surface area (Å²) >= 11 is 13.1. The standard InChI is InChI=1S/C21H25N5O3S2.C18H20N4O2S2.C13H20ClN3O3.C9H15N3O.C9H7NO2S.2CH4.B3.H2/c1-3-22-20(29)24-17-16(13-6-4-5-7-14(13)31-17)18(27)26-10-8-21(9-11-26)19(28)23-15(25-21)12-30-2;1-25-10-13-20-17(24)18(21-13)6-8-22(9-7-18)16(23)14-11-4-2-3-5-12(11)26-15(14)19;1-12(2,3)20-11(19)17-6-4-13(5-7-17)10(18)15-9(8-14)16-13;1-2-7-11-8(13)9(12-7)3-5-10-6-4-9;10-8-7(9(11)12)5-3-1-2-4-6(5)13-8;;;1-3-2;/h4-7H,3,8-12H2,1-2H3,(H2,22,24,29)(H,23,25,28);2-5H,6-10,19H2,1H3,(H,20,21,24);4-8H2,1-3H3,(H,15,16,18);10H,2-6H2,1H3,(H,11,12,13);1-4H,10H2,(H,11,12);2*1H4;;1H/i;;;;;;;;1+1. The SMILES string of the molecule is C.C.CC(C)(C)OC(=O)N1CCC2(CC1)N=C(CCl)NC2=O.CCC1=NC2(CCNCC2)C(=O)N1.CCNC(=O)Nc1sc2ccccc2c1C(=O)N1CCC2(CC1)N=C(CSC)NC2=O.CSCC1=NC2(CCN(C(=O)c3c(N)sc4ccccc34)CC2)C(=O)N1.Nc1sc2ccccc2c1C(=O)O.[2HH].[B][B][B]. The predicted molar refractivity (Wildman–Crippen MR) is 447 cm³/mol. The number of nitrogens with zero attached hydrogens (tertiary/aromatic N) is 7. The van der Waals surface area contributed by atoms with E-state index >= 15 is 0 Å². The molecule has 8 aliphatic heterocycles. The molecule has 108 heavy (non-hydrogen) atoms. The van der Waals surface area contributed by atoms with Gasteiger partial charge in [0, 0.05) is 106 Å². The van der Waals surface area contributed by atoms with Crippen molar-refractivity contribution >= 4 is 214 Å². The van der Waals surface area contributed by atoms with Gasteiger partial charge >= 0.3 is 18.1 Å². The number of likely N-dealkylation sites (tertiary alicyclic amines) is 3. The second kappa shape index (κ2) is 38.4. The summed E-state index contributed by atoms with van der Waals surface area (Å²) in [6.07, 6.45) is 9.17. The molecule has 4 fully saturated rings. The Morgan fingerprint density at radius 3 is 1.35 bits per heavy atom. The quantitative estimate of drug-likeness (QED) is 0.0426. The van der Waals surface area contributed by atoms with Crippen LogP contribution in [-0.2, 0) is 23.9 Å². The number of alkyl halides is 1. The van der Waals surface area contributed by atoms with Crippen LogP contribution < -0.4 is 48.7 Å². The summed E-state index contributed by atoms with van der Waals surface area (Å²) in [6.45, 7) is 14.4. The van der Waals surface area contributed by atoms with Crippen LogP contribution in [0.25, 0.3) is 30.3 Å². The first-order valence-electron chi connectivity index (χ1n) is 34.7. The summed E-state index contributed by atoms with van der Waals surface area (Å²) in [4.78, 5) is 134. The molecule has 0 saturated carbocycles. The van der Waals surface area contributed by atoms with Gasteiger partial charge in [-0.3, -0.25) is 54.1 Å². The summed E-state index contributed by atoms with van der Waals surface area (Å²) in [5, 5.41) is 32.9. The Morgan fingerprint density at radius 1 is 0.593 bits per heavy atom. The van der Waals surface area contributed by atoms with Crippen LogP contribution in [0.2, 0.25) is 0 Å². The topological polar surface area (TPSA) is 378 Å². The lowest BCUT2D eigenvalue weighted by atomic mass is 9.40. The maximum atomic E-state index is 13.5. The molecule has 36 heteroatoms. The van der Waals surface area contributed by atoms with Crippen molar-refractivity contribution in [2.24, 2.45) is 20.0 Å². The van der Waals surface area contributed by atoms with Crippen molar-refractivity contribution in [3.8, 4) is 0 Å². The molecular formula is C72H97B3ClN16O11S5. The highest BCUT2D eigenvalue weighted by Gasteiger charge is 2.50. The second-order valence-corrected chi connectivity index (χ2v) is 32.0. The third kappa shape index (κ3) is 20.2. The van der Waals surface area contributed by atoms with Gasteiger partial charge in [0.05, 0.1) is 33.5 Å². The number of aromatic carboxylic acids is 1. The van der Waals surface area contributed by atoms with Crippen LogP contribution >= 0.6 is 69.1 Å². The molecule has 5 radical (unpaired) electrons. The minimum Gasteiger partial charge on any atom is -0.478 e. The van der Waals surface area contributed by atoms with Crippen molar-refractivity contribution in [1.29, 1.82) is 0 Å². The third-order valence-corrected chi connectivity index (χ3v) is 23.1. The molecule has 4 saturated heterocycles. The number of nitrogens with one attached hydrogen (secondary N) is 7. The first-order valence-corrected chi connectivity index (χ1v) is 40.4. The Kier molecular flexibility index (Phi) is 31.0. The normalized spacial score (nSPS) is 18.1. The maximum Gasteiger partial charge on any atom is 0.410 e. The highest BCUT2D eigenvalue weighted by Crippen LogP contribution is 2.41. The number of fused-ring (bicyclic) bond motifs is 3. The molecule has 3 aromatic heterocycles. The molecule has 0 bridgehead atoms. The van der Waals surface area contributed by atoms with Crippen LogP contribution in [0, 0.1) is 0 Å². The summed E-state index contributed by atoms with van der Waals surface area (Å²) in [7, 11) is 10.0. The van der Waals surface area contributed by atoms with E-state index in [1.54, 1.807) is 50.4 Å².